The molecule has 0 amide bonds. The lowest BCUT2D eigenvalue weighted by Crippen LogP contribution is -1.95. The second-order valence-electron chi connectivity index (χ2n) is 2.96. The van der Waals surface area contributed by atoms with E-state index < -0.39 is 6.10 Å². The zero-order valence-electron chi connectivity index (χ0n) is 7.31. The summed E-state index contributed by atoms with van der Waals surface area (Å²) in [6.45, 7) is 1.69. The second kappa shape index (κ2) is 3.11. The van der Waals surface area contributed by atoms with Crippen LogP contribution in [0.5, 0.6) is 0 Å². The van der Waals surface area contributed by atoms with Crippen molar-refractivity contribution in [1.29, 1.82) is 0 Å². The summed E-state index contributed by atoms with van der Waals surface area (Å²) in [4.78, 5) is 8.32. The fourth-order valence-electron chi connectivity index (χ4n) is 1.20. The van der Waals surface area contributed by atoms with Crippen molar-refractivity contribution >= 4 is 11.0 Å². The van der Waals surface area contributed by atoms with Gasteiger partial charge >= 0.3 is 0 Å². The number of hydrogen-bond acceptors (Lipinski definition) is 3. The normalized spacial score (nSPS) is 13.1. The van der Waals surface area contributed by atoms with Gasteiger partial charge in [0.25, 0.3) is 0 Å². The summed E-state index contributed by atoms with van der Waals surface area (Å²) >= 11 is 0. The maximum absolute atomic E-state index is 9.29. The van der Waals surface area contributed by atoms with E-state index in [-0.39, 0.29) is 0 Å². The van der Waals surface area contributed by atoms with Gasteiger partial charge in [-0.3, -0.25) is 0 Å². The summed E-state index contributed by atoms with van der Waals surface area (Å²) in [5, 5.41) is 10.3. The summed E-state index contributed by atoms with van der Waals surface area (Å²) in [6, 6.07) is 7.54. The molecule has 2 heterocycles. The van der Waals surface area contributed by atoms with Gasteiger partial charge in [-0.2, -0.15) is 0 Å². The van der Waals surface area contributed by atoms with Gasteiger partial charge in [0.15, 0.2) is 5.65 Å². The Morgan fingerprint density at radius 1 is 1.31 bits per heavy atom. The highest BCUT2D eigenvalue weighted by molar-refractivity contribution is 5.74. The Labute approximate surface area is 76.1 Å². The Morgan fingerprint density at radius 3 is 2.92 bits per heavy atom. The average molecular weight is 174 g/mol. The SMILES string of the molecule is CC(O)c1ccc2cccnc2n1. The number of fused-ring (bicyclic) bond motifs is 1. The fraction of sp³-hybridized carbons (Fsp3) is 0.200. The molecule has 2 aromatic heterocycles. The Kier molecular flexibility index (Phi) is 1.94. The van der Waals surface area contributed by atoms with Gasteiger partial charge in [0.1, 0.15) is 0 Å². The molecule has 66 valence electrons. The highest BCUT2D eigenvalue weighted by atomic mass is 16.3. The quantitative estimate of drug-likeness (QED) is 0.715. The van der Waals surface area contributed by atoms with Crippen LogP contribution in [-0.4, -0.2) is 15.1 Å². The molecule has 0 aliphatic heterocycles. The van der Waals surface area contributed by atoms with E-state index in [9.17, 15) is 5.11 Å². The first-order chi connectivity index (χ1) is 6.27. The van der Waals surface area contributed by atoms with Gasteiger partial charge in [-0.05, 0) is 31.2 Å². The van der Waals surface area contributed by atoms with Crippen LogP contribution in [0.2, 0.25) is 0 Å². The van der Waals surface area contributed by atoms with Crippen molar-refractivity contribution in [2.24, 2.45) is 0 Å². The van der Waals surface area contributed by atoms with Crippen molar-refractivity contribution < 1.29 is 5.11 Å². The molecule has 2 rings (SSSR count). The number of aliphatic hydroxyl groups is 1. The van der Waals surface area contributed by atoms with Gasteiger partial charge in [-0.25, -0.2) is 9.97 Å². The van der Waals surface area contributed by atoms with Gasteiger partial charge in [-0.1, -0.05) is 0 Å². The Hall–Kier alpha value is -1.48. The van der Waals surface area contributed by atoms with Gasteiger partial charge in [0, 0.05) is 11.6 Å². The number of hydrogen-bond donors (Lipinski definition) is 1. The minimum absolute atomic E-state index is 0.536. The van der Waals surface area contributed by atoms with E-state index in [0.717, 1.165) is 5.39 Å². The number of aromatic nitrogens is 2. The molecule has 0 bridgehead atoms. The summed E-state index contributed by atoms with van der Waals surface area (Å²) in [5.41, 5.74) is 1.34. The molecule has 0 fully saturated rings. The average Bonchev–Trinajstić information content (AvgIpc) is 2.17. The van der Waals surface area contributed by atoms with Crippen LogP contribution in [-0.2, 0) is 0 Å². The predicted molar refractivity (Wildman–Crippen MR) is 50.2 cm³/mol. The molecule has 0 saturated heterocycles. The number of pyridine rings is 2. The van der Waals surface area contributed by atoms with Crippen molar-refractivity contribution in [1.82, 2.24) is 9.97 Å². The standard InChI is InChI=1S/C10H10N2O/c1-7(13)9-5-4-8-3-2-6-11-10(8)12-9/h2-7,13H,1H3. The molecule has 0 aromatic carbocycles. The smallest absolute Gasteiger partial charge is 0.159 e. The van der Waals surface area contributed by atoms with Crippen molar-refractivity contribution in [2.45, 2.75) is 13.0 Å². The van der Waals surface area contributed by atoms with Crippen LogP contribution in [0.15, 0.2) is 30.5 Å². The molecule has 13 heavy (non-hydrogen) atoms. The molecular weight excluding hydrogens is 164 g/mol. The van der Waals surface area contributed by atoms with Crippen LogP contribution >= 0.6 is 0 Å². The Morgan fingerprint density at radius 2 is 2.15 bits per heavy atom. The van der Waals surface area contributed by atoms with Crippen LogP contribution in [0.3, 0.4) is 0 Å². The van der Waals surface area contributed by atoms with Crippen LogP contribution < -0.4 is 0 Å². The van der Waals surface area contributed by atoms with Crippen LogP contribution in [0.4, 0.5) is 0 Å². The lowest BCUT2D eigenvalue weighted by atomic mass is 10.2. The predicted octanol–water partition coefficient (Wildman–Crippen LogP) is 1.68. The highest BCUT2D eigenvalue weighted by Gasteiger charge is 2.03. The van der Waals surface area contributed by atoms with E-state index in [0.29, 0.717) is 11.3 Å². The third-order valence-corrected chi connectivity index (χ3v) is 1.91. The van der Waals surface area contributed by atoms with E-state index >= 15 is 0 Å². The summed E-state index contributed by atoms with van der Waals surface area (Å²) in [7, 11) is 0. The van der Waals surface area contributed by atoms with E-state index in [1.165, 1.54) is 0 Å². The van der Waals surface area contributed by atoms with Gasteiger partial charge in [0.05, 0.1) is 11.8 Å². The van der Waals surface area contributed by atoms with Gasteiger partial charge < -0.3 is 5.11 Å². The van der Waals surface area contributed by atoms with E-state index in [4.69, 9.17) is 0 Å². The first-order valence-electron chi connectivity index (χ1n) is 4.17. The third kappa shape index (κ3) is 1.51. The number of aliphatic hydroxyl groups excluding tert-OH is 1. The lowest BCUT2D eigenvalue weighted by Gasteiger charge is -2.03. The molecule has 1 N–H and O–H groups in total. The first kappa shape index (κ1) is 8.13. The number of rotatable bonds is 1. The Bertz CT molecular complexity index is 426. The monoisotopic (exact) mass is 174 g/mol. The van der Waals surface area contributed by atoms with E-state index in [2.05, 4.69) is 9.97 Å². The molecule has 3 heteroatoms. The molecule has 1 atom stereocenters. The Balaban J connectivity index is 2.62. The van der Waals surface area contributed by atoms with Crippen LogP contribution in [0.1, 0.15) is 18.7 Å². The van der Waals surface area contributed by atoms with Crippen LogP contribution in [0.25, 0.3) is 11.0 Å². The second-order valence-corrected chi connectivity index (χ2v) is 2.96. The van der Waals surface area contributed by atoms with E-state index in [1.807, 2.05) is 24.3 Å². The van der Waals surface area contributed by atoms with Gasteiger partial charge in [0.2, 0.25) is 0 Å². The van der Waals surface area contributed by atoms with Gasteiger partial charge in [-0.15, -0.1) is 0 Å². The molecule has 0 radical (unpaired) electrons. The summed E-state index contributed by atoms with van der Waals surface area (Å²) in [5.74, 6) is 0. The molecule has 1 unspecified atom stereocenters. The van der Waals surface area contributed by atoms with Crippen molar-refractivity contribution in [3.63, 3.8) is 0 Å². The van der Waals surface area contributed by atoms with Crippen molar-refractivity contribution in [3.05, 3.63) is 36.2 Å². The third-order valence-electron chi connectivity index (χ3n) is 1.91. The largest absolute Gasteiger partial charge is 0.387 e. The van der Waals surface area contributed by atoms with Crippen molar-refractivity contribution in [3.8, 4) is 0 Å². The minimum atomic E-state index is -0.536. The molecule has 0 saturated carbocycles. The summed E-state index contributed by atoms with van der Waals surface area (Å²) < 4.78 is 0. The van der Waals surface area contributed by atoms with Crippen LogP contribution in [0, 0.1) is 0 Å². The zero-order chi connectivity index (χ0) is 9.26. The minimum Gasteiger partial charge on any atom is -0.387 e. The molecule has 3 nitrogen and oxygen atoms in total. The molecule has 0 aliphatic carbocycles. The fourth-order valence-corrected chi connectivity index (χ4v) is 1.20. The maximum Gasteiger partial charge on any atom is 0.159 e. The molecule has 0 aliphatic rings. The molecule has 0 spiro atoms. The molecule has 2 aromatic rings. The summed E-state index contributed by atoms with van der Waals surface area (Å²) in [6.07, 6.45) is 1.16. The van der Waals surface area contributed by atoms with E-state index in [1.54, 1.807) is 13.1 Å². The first-order valence-corrected chi connectivity index (χ1v) is 4.17. The lowest BCUT2D eigenvalue weighted by molar-refractivity contribution is 0.194. The highest BCUT2D eigenvalue weighted by Crippen LogP contribution is 2.13. The zero-order valence-corrected chi connectivity index (χ0v) is 7.31. The number of nitrogens with zero attached hydrogens (tertiary/aromatic N) is 2. The molecular formula is C10H10N2O. The maximum atomic E-state index is 9.29. The van der Waals surface area contributed by atoms with Crippen molar-refractivity contribution in [2.75, 3.05) is 0 Å². The topological polar surface area (TPSA) is 46.0 Å².